The highest BCUT2D eigenvalue weighted by Gasteiger charge is 2.80. The molecule has 6 nitrogen and oxygen atoms in total. The summed E-state index contributed by atoms with van der Waals surface area (Å²) in [5.41, 5.74) is -6.37. The predicted octanol–water partition coefficient (Wildman–Crippen LogP) is 4.03. The molecule has 0 spiro atoms. The van der Waals surface area contributed by atoms with Crippen LogP contribution in [0.1, 0.15) is 57.5 Å². The SMILES string of the molecule is CCc1cccc([C@@H]2O[C@@H]3C[C@H]4[C@@H]5C[C@H](F)C6=CC(=O)C=C[C@]6(C)[C@@]5(F)[C@@H](O)C[C@]4(C)[C@]3(C(=O)CO)O2)c1F. The maximum Gasteiger partial charge on any atom is 0.193 e. The molecule has 0 amide bonds. The summed E-state index contributed by atoms with van der Waals surface area (Å²) >= 11 is 0. The second-order valence-corrected chi connectivity index (χ2v) is 12.2. The van der Waals surface area contributed by atoms with Gasteiger partial charge in [0.1, 0.15) is 18.6 Å². The highest BCUT2D eigenvalue weighted by Crippen LogP contribution is 2.72. The average molecular weight is 547 g/mol. The van der Waals surface area contributed by atoms with Gasteiger partial charge >= 0.3 is 0 Å². The van der Waals surface area contributed by atoms with Gasteiger partial charge in [0, 0.05) is 22.3 Å². The maximum absolute atomic E-state index is 17.4. The Kier molecular flexibility index (Phi) is 5.91. The van der Waals surface area contributed by atoms with Gasteiger partial charge in [-0.25, -0.2) is 13.2 Å². The Labute approximate surface area is 224 Å². The van der Waals surface area contributed by atoms with E-state index in [1.54, 1.807) is 19.1 Å². The van der Waals surface area contributed by atoms with Crippen LogP contribution in [0.4, 0.5) is 13.2 Å². The Morgan fingerprint density at radius 2 is 1.95 bits per heavy atom. The van der Waals surface area contributed by atoms with Crippen molar-refractivity contribution in [2.24, 2.45) is 22.7 Å². The average Bonchev–Trinajstić information content (AvgIpc) is 3.40. The van der Waals surface area contributed by atoms with Gasteiger partial charge in [-0.2, -0.15) is 0 Å². The summed E-state index contributed by atoms with van der Waals surface area (Å²) in [5, 5.41) is 21.6. The maximum atomic E-state index is 17.4. The first-order chi connectivity index (χ1) is 18.4. The minimum absolute atomic E-state index is 0.00888. The van der Waals surface area contributed by atoms with Crippen molar-refractivity contribution < 1.29 is 42.4 Å². The van der Waals surface area contributed by atoms with Crippen LogP contribution in [-0.2, 0) is 25.5 Å². The molecule has 39 heavy (non-hydrogen) atoms. The smallest absolute Gasteiger partial charge is 0.193 e. The van der Waals surface area contributed by atoms with Crippen molar-refractivity contribution >= 4 is 11.6 Å². The number of hydrogen-bond donors (Lipinski definition) is 2. The van der Waals surface area contributed by atoms with Crippen LogP contribution in [0.25, 0.3) is 0 Å². The lowest BCUT2D eigenvalue weighted by Crippen LogP contribution is -2.70. The summed E-state index contributed by atoms with van der Waals surface area (Å²) in [6.45, 7) is 4.11. The third-order valence-electron chi connectivity index (χ3n) is 10.7. The molecule has 6 rings (SSSR count). The van der Waals surface area contributed by atoms with Crippen molar-refractivity contribution in [3.05, 3.63) is 58.9 Å². The van der Waals surface area contributed by atoms with Gasteiger partial charge in [-0.3, -0.25) is 9.59 Å². The van der Waals surface area contributed by atoms with E-state index >= 15 is 13.2 Å². The lowest BCUT2D eigenvalue weighted by Gasteiger charge is -2.63. The van der Waals surface area contributed by atoms with E-state index in [1.165, 1.54) is 25.1 Å². The zero-order valence-electron chi connectivity index (χ0n) is 22.1. The number of aliphatic hydroxyl groups excluding tert-OH is 2. The number of carbonyl (C=O) groups excluding carboxylic acids is 2. The van der Waals surface area contributed by atoms with E-state index in [2.05, 4.69) is 0 Å². The monoisotopic (exact) mass is 546 g/mol. The lowest BCUT2D eigenvalue weighted by atomic mass is 9.44. The van der Waals surface area contributed by atoms with Gasteiger partial charge in [-0.05, 0) is 61.8 Å². The molecule has 3 saturated carbocycles. The molecule has 9 heteroatoms. The van der Waals surface area contributed by atoms with Crippen molar-refractivity contribution in [2.75, 3.05) is 6.61 Å². The number of halogens is 3. The van der Waals surface area contributed by atoms with Crippen LogP contribution < -0.4 is 0 Å². The van der Waals surface area contributed by atoms with E-state index in [1.807, 2.05) is 6.92 Å². The fourth-order valence-electron chi connectivity index (χ4n) is 8.76. The summed E-state index contributed by atoms with van der Waals surface area (Å²) in [6, 6.07) is 4.83. The molecule has 0 radical (unpaired) electrons. The number of aryl methyl sites for hydroxylation is 1. The predicted molar refractivity (Wildman–Crippen MR) is 133 cm³/mol. The number of carbonyl (C=O) groups is 2. The first-order valence-corrected chi connectivity index (χ1v) is 13.6. The van der Waals surface area contributed by atoms with E-state index in [0.29, 0.717) is 12.0 Å². The quantitative estimate of drug-likeness (QED) is 0.593. The van der Waals surface area contributed by atoms with Crippen LogP contribution >= 0.6 is 0 Å². The molecule has 0 bridgehead atoms. The molecule has 4 fully saturated rings. The Morgan fingerprint density at radius 3 is 2.64 bits per heavy atom. The summed E-state index contributed by atoms with van der Waals surface area (Å²) in [7, 11) is 0. The molecule has 210 valence electrons. The van der Waals surface area contributed by atoms with E-state index in [0.717, 1.165) is 6.08 Å². The van der Waals surface area contributed by atoms with E-state index in [4.69, 9.17) is 9.47 Å². The largest absolute Gasteiger partial charge is 0.390 e. The molecular formula is C30H33F3O6. The zero-order chi connectivity index (χ0) is 28.1. The summed E-state index contributed by atoms with van der Waals surface area (Å²) in [4.78, 5) is 25.6. The molecule has 1 saturated heterocycles. The van der Waals surface area contributed by atoms with Gasteiger partial charge in [0.25, 0.3) is 0 Å². The molecule has 10 atom stereocenters. The Morgan fingerprint density at radius 1 is 1.21 bits per heavy atom. The van der Waals surface area contributed by atoms with Crippen LogP contribution in [0.3, 0.4) is 0 Å². The number of aliphatic hydroxyl groups is 2. The molecule has 1 aromatic carbocycles. The fourth-order valence-corrected chi connectivity index (χ4v) is 8.76. The summed E-state index contributed by atoms with van der Waals surface area (Å²) in [5.74, 6) is -3.35. The minimum atomic E-state index is -2.33. The number of hydrogen-bond acceptors (Lipinski definition) is 6. The number of rotatable bonds is 4. The van der Waals surface area contributed by atoms with Crippen molar-refractivity contribution in [2.45, 2.75) is 82.4 Å². The molecule has 0 aromatic heterocycles. The number of allylic oxidation sites excluding steroid dienone is 4. The standard InChI is InChI=1S/C30H33F3O6/c1-4-15-6-5-7-17(25(15)32)26-38-24-12-18-19-11-21(31)20-10-16(35)8-9-27(20,2)29(19,33)22(36)13-28(18,3)30(24,39-26)23(37)14-34/h5-10,18-19,21-22,24,26,34,36H,4,11-14H2,1-3H3/t18-,19-,21-,22-,24+,26+,27-,28-,29-,30+/m0/s1. The number of alkyl halides is 2. The first kappa shape index (κ1) is 26.9. The molecule has 0 unspecified atom stereocenters. The van der Waals surface area contributed by atoms with Gasteiger partial charge < -0.3 is 19.7 Å². The third-order valence-corrected chi connectivity index (χ3v) is 10.7. The fraction of sp³-hybridized carbons (Fsp3) is 0.600. The Balaban J connectivity index is 1.45. The molecule has 4 aliphatic carbocycles. The summed E-state index contributed by atoms with van der Waals surface area (Å²) in [6.07, 6.45) is -1.80. The van der Waals surface area contributed by atoms with Crippen LogP contribution in [0.15, 0.2) is 42.0 Å². The van der Waals surface area contributed by atoms with Crippen molar-refractivity contribution in [1.82, 2.24) is 0 Å². The van der Waals surface area contributed by atoms with Crippen molar-refractivity contribution in [3.8, 4) is 0 Å². The van der Waals surface area contributed by atoms with Gasteiger partial charge in [-0.15, -0.1) is 0 Å². The van der Waals surface area contributed by atoms with Gasteiger partial charge in [0.15, 0.2) is 29.1 Å². The molecular weight excluding hydrogens is 513 g/mol. The highest BCUT2D eigenvalue weighted by molar-refractivity contribution is 6.01. The van der Waals surface area contributed by atoms with E-state index in [-0.39, 0.29) is 30.4 Å². The van der Waals surface area contributed by atoms with E-state index < -0.39 is 82.6 Å². The van der Waals surface area contributed by atoms with Gasteiger partial charge in [0.2, 0.25) is 0 Å². The number of ether oxygens (including phenoxy) is 2. The van der Waals surface area contributed by atoms with E-state index in [9.17, 15) is 19.8 Å². The number of benzene rings is 1. The summed E-state index contributed by atoms with van der Waals surface area (Å²) < 4.78 is 60.9. The second kappa shape index (κ2) is 8.59. The number of fused-ring (bicyclic) bond motifs is 7. The third kappa shape index (κ3) is 3.13. The van der Waals surface area contributed by atoms with Crippen LogP contribution in [0.5, 0.6) is 0 Å². The molecule has 5 aliphatic rings. The minimum Gasteiger partial charge on any atom is -0.390 e. The molecule has 2 N–H and O–H groups in total. The first-order valence-electron chi connectivity index (χ1n) is 13.6. The molecule has 1 aliphatic heterocycles. The topological polar surface area (TPSA) is 93.1 Å². The van der Waals surface area contributed by atoms with Crippen LogP contribution in [0.2, 0.25) is 0 Å². The Hall–Kier alpha value is -2.33. The number of Topliss-reactive ketones (excluding diaryl/α,β-unsaturated/α-hetero) is 1. The van der Waals surface area contributed by atoms with Gasteiger partial charge in [-0.1, -0.05) is 38.1 Å². The highest BCUT2D eigenvalue weighted by atomic mass is 19.1. The van der Waals surface area contributed by atoms with Crippen LogP contribution in [0, 0.1) is 28.5 Å². The van der Waals surface area contributed by atoms with Crippen molar-refractivity contribution in [3.63, 3.8) is 0 Å². The van der Waals surface area contributed by atoms with Crippen molar-refractivity contribution in [1.29, 1.82) is 0 Å². The second-order valence-electron chi connectivity index (χ2n) is 12.2. The lowest BCUT2D eigenvalue weighted by molar-refractivity contribution is -0.235. The normalized spacial score (nSPS) is 46.3. The van der Waals surface area contributed by atoms with Gasteiger partial charge in [0.05, 0.1) is 12.2 Å². The molecule has 1 aromatic rings. The Bertz CT molecular complexity index is 1310. The molecule has 1 heterocycles. The number of ketones is 2. The van der Waals surface area contributed by atoms with Crippen LogP contribution in [-0.4, -0.2) is 58.0 Å². The zero-order valence-corrected chi connectivity index (χ0v) is 22.1.